The Kier molecular flexibility index (Phi) is 4.99. The number of hydrogen-bond donors (Lipinski definition) is 1. The van der Waals surface area contributed by atoms with E-state index in [4.69, 9.17) is 0 Å². The van der Waals surface area contributed by atoms with Crippen LogP contribution in [-0.2, 0) is 10.0 Å². The van der Waals surface area contributed by atoms with Crippen molar-refractivity contribution < 1.29 is 13.2 Å². The standard InChI is InChI=1S/C18H22N2O3S/c1-12-9-13(2)17(14(3)10-12)24(22,23)19-16-8-6-7-15(11-16)18(21)20(4)5/h6-11,19H,1-5H3. The maximum Gasteiger partial charge on any atom is 0.262 e. The van der Waals surface area contributed by atoms with Gasteiger partial charge >= 0.3 is 0 Å². The molecule has 128 valence electrons. The van der Waals surface area contributed by atoms with Crippen molar-refractivity contribution in [3.8, 4) is 0 Å². The van der Waals surface area contributed by atoms with Gasteiger partial charge in [-0.15, -0.1) is 0 Å². The van der Waals surface area contributed by atoms with Crippen molar-refractivity contribution in [3.05, 3.63) is 58.7 Å². The Morgan fingerprint density at radius 3 is 2.12 bits per heavy atom. The monoisotopic (exact) mass is 346 g/mol. The first-order valence-corrected chi connectivity index (χ1v) is 9.02. The second-order valence-corrected chi connectivity index (χ2v) is 7.73. The van der Waals surface area contributed by atoms with Gasteiger partial charge < -0.3 is 4.90 Å². The summed E-state index contributed by atoms with van der Waals surface area (Å²) in [5.41, 5.74) is 3.20. The van der Waals surface area contributed by atoms with Gasteiger partial charge in [0.25, 0.3) is 15.9 Å². The van der Waals surface area contributed by atoms with Crippen LogP contribution in [0.15, 0.2) is 41.3 Å². The number of anilines is 1. The normalized spacial score (nSPS) is 11.2. The van der Waals surface area contributed by atoms with Crippen LogP contribution in [-0.4, -0.2) is 33.3 Å². The molecule has 2 rings (SSSR count). The Morgan fingerprint density at radius 2 is 1.58 bits per heavy atom. The molecule has 0 aliphatic carbocycles. The molecule has 0 atom stereocenters. The Balaban J connectivity index is 2.41. The van der Waals surface area contributed by atoms with Crippen molar-refractivity contribution in [2.24, 2.45) is 0 Å². The lowest BCUT2D eigenvalue weighted by Gasteiger charge is -2.15. The zero-order chi connectivity index (χ0) is 18.1. The second kappa shape index (κ2) is 6.65. The van der Waals surface area contributed by atoms with E-state index < -0.39 is 10.0 Å². The highest BCUT2D eigenvalue weighted by Gasteiger charge is 2.20. The van der Waals surface area contributed by atoms with Crippen molar-refractivity contribution in [2.45, 2.75) is 25.7 Å². The summed E-state index contributed by atoms with van der Waals surface area (Å²) in [6.45, 7) is 5.49. The molecule has 0 saturated heterocycles. The fourth-order valence-electron chi connectivity index (χ4n) is 2.77. The molecular weight excluding hydrogens is 324 g/mol. The SMILES string of the molecule is Cc1cc(C)c(S(=O)(=O)Nc2cccc(C(=O)N(C)C)c2)c(C)c1. The van der Waals surface area contributed by atoms with Gasteiger partial charge in [-0.05, 0) is 50.1 Å². The maximum absolute atomic E-state index is 12.8. The molecule has 0 aliphatic heterocycles. The summed E-state index contributed by atoms with van der Waals surface area (Å²) in [6.07, 6.45) is 0. The molecule has 1 amide bonds. The number of aryl methyl sites for hydroxylation is 3. The number of carbonyl (C=O) groups excluding carboxylic acids is 1. The highest BCUT2D eigenvalue weighted by Crippen LogP contribution is 2.24. The van der Waals surface area contributed by atoms with Crippen molar-refractivity contribution in [1.82, 2.24) is 4.90 Å². The topological polar surface area (TPSA) is 66.5 Å². The van der Waals surface area contributed by atoms with Crippen molar-refractivity contribution >= 4 is 21.6 Å². The van der Waals surface area contributed by atoms with E-state index in [0.717, 1.165) is 5.56 Å². The van der Waals surface area contributed by atoms with Gasteiger partial charge in [0.05, 0.1) is 4.90 Å². The molecule has 1 N–H and O–H groups in total. The first kappa shape index (κ1) is 18.0. The smallest absolute Gasteiger partial charge is 0.262 e. The van der Waals surface area contributed by atoms with Crippen molar-refractivity contribution in [1.29, 1.82) is 0 Å². The van der Waals surface area contributed by atoms with Crippen LogP contribution in [0, 0.1) is 20.8 Å². The van der Waals surface area contributed by atoms with Crippen LogP contribution in [0.2, 0.25) is 0 Å². The third kappa shape index (κ3) is 3.76. The van der Waals surface area contributed by atoms with Gasteiger partial charge in [-0.3, -0.25) is 9.52 Å². The molecule has 0 unspecified atom stereocenters. The van der Waals surface area contributed by atoms with E-state index in [-0.39, 0.29) is 10.8 Å². The maximum atomic E-state index is 12.8. The molecule has 0 saturated carbocycles. The number of hydrogen-bond acceptors (Lipinski definition) is 3. The predicted octanol–water partition coefficient (Wildman–Crippen LogP) is 3.11. The predicted molar refractivity (Wildman–Crippen MR) is 95.9 cm³/mol. The van der Waals surface area contributed by atoms with Gasteiger partial charge in [0.15, 0.2) is 0 Å². The molecule has 0 radical (unpaired) electrons. The van der Waals surface area contributed by atoms with E-state index >= 15 is 0 Å². The minimum Gasteiger partial charge on any atom is -0.345 e. The summed E-state index contributed by atoms with van der Waals surface area (Å²) in [5, 5.41) is 0. The van der Waals surface area contributed by atoms with Crippen molar-refractivity contribution in [3.63, 3.8) is 0 Å². The summed E-state index contributed by atoms with van der Waals surface area (Å²) in [6, 6.07) is 10.2. The quantitative estimate of drug-likeness (QED) is 0.925. The zero-order valence-electron chi connectivity index (χ0n) is 14.5. The van der Waals surface area contributed by atoms with Crippen LogP contribution >= 0.6 is 0 Å². The van der Waals surface area contributed by atoms with Crippen LogP contribution in [0.1, 0.15) is 27.0 Å². The molecular formula is C18H22N2O3S. The number of carbonyl (C=O) groups is 1. The fourth-order valence-corrected chi connectivity index (χ4v) is 4.28. The van der Waals surface area contributed by atoms with E-state index in [0.29, 0.717) is 22.4 Å². The van der Waals surface area contributed by atoms with Crippen molar-refractivity contribution in [2.75, 3.05) is 18.8 Å². The Morgan fingerprint density at radius 1 is 1.00 bits per heavy atom. The number of nitrogens with one attached hydrogen (secondary N) is 1. The van der Waals surface area contributed by atoms with Crippen LogP contribution in [0.4, 0.5) is 5.69 Å². The molecule has 0 heterocycles. The average Bonchev–Trinajstić information content (AvgIpc) is 2.44. The van der Waals surface area contributed by atoms with Crippen LogP contribution < -0.4 is 4.72 Å². The third-order valence-electron chi connectivity index (χ3n) is 3.64. The van der Waals surface area contributed by atoms with E-state index in [2.05, 4.69) is 4.72 Å². The van der Waals surface area contributed by atoms with E-state index in [1.54, 1.807) is 52.2 Å². The van der Waals surface area contributed by atoms with E-state index in [1.807, 2.05) is 19.1 Å². The molecule has 0 aromatic heterocycles. The highest BCUT2D eigenvalue weighted by atomic mass is 32.2. The molecule has 0 bridgehead atoms. The Labute approximate surface area is 143 Å². The molecule has 2 aromatic rings. The Bertz CT molecular complexity index is 864. The van der Waals surface area contributed by atoms with Gasteiger partial charge in [0, 0.05) is 25.3 Å². The van der Waals surface area contributed by atoms with Gasteiger partial charge in [-0.25, -0.2) is 8.42 Å². The fraction of sp³-hybridized carbons (Fsp3) is 0.278. The average molecular weight is 346 g/mol. The van der Waals surface area contributed by atoms with E-state index in [1.165, 1.54) is 4.90 Å². The number of nitrogens with zero attached hydrogens (tertiary/aromatic N) is 1. The number of amides is 1. The first-order valence-electron chi connectivity index (χ1n) is 7.54. The van der Waals surface area contributed by atoms with Gasteiger partial charge in [0.1, 0.15) is 0 Å². The molecule has 0 fully saturated rings. The summed E-state index contributed by atoms with van der Waals surface area (Å²) in [5.74, 6) is -0.182. The lowest BCUT2D eigenvalue weighted by Crippen LogP contribution is -2.22. The second-order valence-electron chi connectivity index (χ2n) is 6.11. The summed E-state index contributed by atoms with van der Waals surface area (Å²) >= 11 is 0. The van der Waals surface area contributed by atoms with E-state index in [9.17, 15) is 13.2 Å². The zero-order valence-corrected chi connectivity index (χ0v) is 15.4. The summed E-state index contributed by atoms with van der Waals surface area (Å²) in [4.78, 5) is 13.7. The molecule has 0 spiro atoms. The number of benzene rings is 2. The van der Waals surface area contributed by atoms with Gasteiger partial charge in [-0.1, -0.05) is 23.8 Å². The summed E-state index contributed by atoms with van der Waals surface area (Å²) in [7, 11) is -0.427. The minimum absolute atomic E-state index is 0.182. The van der Waals surface area contributed by atoms with Gasteiger partial charge in [0.2, 0.25) is 0 Å². The number of rotatable bonds is 4. The third-order valence-corrected chi connectivity index (χ3v) is 5.33. The molecule has 0 aliphatic rings. The van der Waals surface area contributed by atoms with Crippen LogP contribution in [0.5, 0.6) is 0 Å². The van der Waals surface area contributed by atoms with Crippen LogP contribution in [0.25, 0.3) is 0 Å². The highest BCUT2D eigenvalue weighted by molar-refractivity contribution is 7.92. The molecule has 2 aromatic carbocycles. The lowest BCUT2D eigenvalue weighted by atomic mass is 10.1. The number of sulfonamides is 1. The molecule has 6 heteroatoms. The molecule has 5 nitrogen and oxygen atoms in total. The largest absolute Gasteiger partial charge is 0.345 e. The molecule has 24 heavy (non-hydrogen) atoms. The Hall–Kier alpha value is -2.34. The van der Waals surface area contributed by atoms with Crippen LogP contribution in [0.3, 0.4) is 0 Å². The summed E-state index contributed by atoms with van der Waals surface area (Å²) < 4.78 is 28.1. The lowest BCUT2D eigenvalue weighted by molar-refractivity contribution is 0.0827. The van der Waals surface area contributed by atoms with Gasteiger partial charge in [-0.2, -0.15) is 0 Å². The first-order chi connectivity index (χ1) is 11.1. The minimum atomic E-state index is -3.73.